The number of halogens is 2. The van der Waals surface area contributed by atoms with Gasteiger partial charge in [0.15, 0.2) is 0 Å². The van der Waals surface area contributed by atoms with Gasteiger partial charge in [0.05, 0.1) is 11.4 Å². The first-order valence-electron chi connectivity index (χ1n) is 10.9. The van der Waals surface area contributed by atoms with Crippen molar-refractivity contribution in [3.63, 3.8) is 0 Å². The molecule has 0 radical (unpaired) electrons. The zero-order chi connectivity index (χ0) is 23.0. The van der Waals surface area contributed by atoms with E-state index in [4.69, 9.17) is 0 Å². The van der Waals surface area contributed by atoms with Crippen molar-refractivity contribution in [1.29, 1.82) is 0 Å². The van der Waals surface area contributed by atoms with Crippen LogP contribution in [0.1, 0.15) is 77.3 Å². The molecule has 2 aromatic carbocycles. The molecule has 0 saturated heterocycles. The van der Waals surface area contributed by atoms with Crippen LogP contribution in [0.2, 0.25) is 0 Å². The third kappa shape index (κ3) is 7.18. The van der Waals surface area contributed by atoms with Gasteiger partial charge in [-0.2, -0.15) is 0 Å². The second kappa shape index (κ2) is 11.8. The van der Waals surface area contributed by atoms with Gasteiger partial charge in [-0.25, -0.2) is 0 Å². The van der Waals surface area contributed by atoms with E-state index < -0.39 is 0 Å². The van der Waals surface area contributed by atoms with Gasteiger partial charge < -0.3 is 10.6 Å². The van der Waals surface area contributed by atoms with Crippen LogP contribution in [0.4, 0.5) is 11.4 Å². The highest BCUT2D eigenvalue weighted by Gasteiger charge is 2.25. The lowest BCUT2D eigenvalue weighted by atomic mass is 9.78. The summed E-state index contributed by atoms with van der Waals surface area (Å²) in [6.45, 7) is 8.47. The molecule has 0 saturated carbocycles. The summed E-state index contributed by atoms with van der Waals surface area (Å²) in [6, 6.07) is 12.1. The van der Waals surface area contributed by atoms with E-state index in [1.807, 2.05) is 12.1 Å². The van der Waals surface area contributed by atoms with E-state index in [0.29, 0.717) is 12.8 Å². The summed E-state index contributed by atoms with van der Waals surface area (Å²) < 4.78 is 1.73. The average molecular weight is 552 g/mol. The monoisotopic (exact) mass is 550 g/mol. The first-order chi connectivity index (χ1) is 14.7. The number of amides is 2. The molecular weight excluding hydrogens is 520 g/mol. The van der Waals surface area contributed by atoms with Crippen molar-refractivity contribution in [3.8, 4) is 0 Å². The number of carbonyl (C=O) groups is 2. The lowest BCUT2D eigenvalue weighted by molar-refractivity contribution is -0.117. The molecule has 0 aliphatic heterocycles. The Hall–Kier alpha value is -1.66. The standard InChI is InChI=1S/C25H32Br2N2O2/c1-5-7-9-23(30)28-21-13-11-17(15-19(21)26)25(3,4)18-12-14-22(20(27)16-18)29-24(31)10-8-6-2/h11-16H,5-10H2,1-4H3,(H,28,30)(H,29,31). The summed E-state index contributed by atoms with van der Waals surface area (Å²) in [5, 5.41) is 5.96. The molecule has 2 amide bonds. The molecule has 168 valence electrons. The number of anilines is 2. The second-order valence-electron chi connectivity index (χ2n) is 8.32. The van der Waals surface area contributed by atoms with Crippen molar-refractivity contribution in [2.45, 2.75) is 71.6 Å². The molecule has 31 heavy (non-hydrogen) atoms. The van der Waals surface area contributed by atoms with Crippen LogP contribution in [-0.4, -0.2) is 11.8 Å². The minimum atomic E-state index is -0.263. The van der Waals surface area contributed by atoms with E-state index in [1.165, 1.54) is 0 Å². The summed E-state index contributed by atoms with van der Waals surface area (Å²) in [5.41, 5.74) is 3.55. The average Bonchev–Trinajstić information content (AvgIpc) is 2.73. The lowest BCUT2D eigenvalue weighted by Gasteiger charge is -2.27. The number of carbonyl (C=O) groups excluding carboxylic acids is 2. The summed E-state index contributed by atoms with van der Waals surface area (Å²) in [4.78, 5) is 24.1. The minimum absolute atomic E-state index is 0.0371. The Morgan fingerprint density at radius 1 is 0.774 bits per heavy atom. The van der Waals surface area contributed by atoms with E-state index in [1.54, 1.807) is 0 Å². The normalized spacial score (nSPS) is 11.3. The molecular formula is C25H32Br2N2O2. The first-order valence-corrected chi connectivity index (χ1v) is 12.5. The van der Waals surface area contributed by atoms with Crippen LogP contribution in [-0.2, 0) is 15.0 Å². The largest absolute Gasteiger partial charge is 0.325 e. The zero-order valence-corrected chi connectivity index (χ0v) is 22.0. The molecule has 0 aliphatic rings. The molecule has 0 unspecified atom stereocenters. The Balaban J connectivity index is 2.19. The Morgan fingerprint density at radius 3 is 1.48 bits per heavy atom. The van der Waals surface area contributed by atoms with Gasteiger partial charge in [0.1, 0.15) is 0 Å². The fourth-order valence-corrected chi connectivity index (χ4v) is 4.23. The summed E-state index contributed by atoms with van der Waals surface area (Å²) in [6.07, 6.45) is 4.84. The smallest absolute Gasteiger partial charge is 0.224 e. The minimum Gasteiger partial charge on any atom is -0.325 e. The quantitative estimate of drug-likeness (QED) is 0.316. The number of hydrogen-bond donors (Lipinski definition) is 2. The molecule has 6 heteroatoms. The number of unbranched alkanes of at least 4 members (excludes halogenated alkanes) is 2. The maximum atomic E-state index is 12.1. The summed E-state index contributed by atoms with van der Waals surface area (Å²) in [5.74, 6) is 0.0742. The second-order valence-corrected chi connectivity index (χ2v) is 10.0. The number of rotatable bonds is 10. The molecule has 0 bridgehead atoms. The SMILES string of the molecule is CCCCC(=O)Nc1ccc(C(C)(C)c2ccc(NC(=O)CCCC)c(Br)c2)cc1Br. The molecule has 0 spiro atoms. The third-order valence-electron chi connectivity index (χ3n) is 5.44. The Bertz CT molecular complexity index is 852. The van der Waals surface area contributed by atoms with Crippen LogP contribution in [0.3, 0.4) is 0 Å². The molecule has 2 rings (SSSR count). The highest BCUT2D eigenvalue weighted by molar-refractivity contribution is 9.11. The summed E-state index contributed by atoms with van der Waals surface area (Å²) >= 11 is 7.22. The van der Waals surface area contributed by atoms with Crippen molar-refractivity contribution < 1.29 is 9.59 Å². The van der Waals surface area contributed by atoms with Gasteiger partial charge in [-0.15, -0.1) is 0 Å². The fraction of sp³-hybridized carbons (Fsp3) is 0.440. The van der Waals surface area contributed by atoms with Gasteiger partial charge in [0, 0.05) is 27.2 Å². The molecule has 0 atom stereocenters. The van der Waals surface area contributed by atoms with Gasteiger partial charge in [0.2, 0.25) is 11.8 Å². The van der Waals surface area contributed by atoms with Crippen LogP contribution in [0.25, 0.3) is 0 Å². The molecule has 0 fully saturated rings. The van der Waals surface area contributed by atoms with Gasteiger partial charge in [-0.3, -0.25) is 9.59 Å². The van der Waals surface area contributed by atoms with Gasteiger partial charge >= 0.3 is 0 Å². The third-order valence-corrected chi connectivity index (χ3v) is 6.76. The Labute approximate surface area is 202 Å². The molecule has 2 aromatic rings. The van der Waals surface area contributed by atoms with Gasteiger partial charge in [0.25, 0.3) is 0 Å². The summed E-state index contributed by atoms with van der Waals surface area (Å²) in [7, 11) is 0. The predicted molar refractivity (Wildman–Crippen MR) is 137 cm³/mol. The lowest BCUT2D eigenvalue weighted by Crippen LogP contribution is -2.20. The Kier molecular flexibility index (Phi) is 9.76. The molecule has 0 aromatic heterocycles. The van der Waals surface area contributed by atoms with Crippen molar-refractivity contribution in [1.82, 2.24) is 0 Å². The van der Waals surface area contributed by atoms with Crippen LogP contribution in [0, 0.1) is 0 Å². The Morgan fingerprint density at radius 2 is 1.16 bits per heavy atom. The highest BCUT2D eigenvalue weighted by Crippen LogP contribution is 2.37. The van der Waals surface area contributed by atoms with E-state index in [-0.39, 0.29) is 17.2 Å². The van der Waals surface area contributed by atoms with Crippen LogP contribution >= 0.6 is 31.9 Å². The van der Waals surface area contributed by atoms with Gasteiger partial charge in [-0.1, -0.05) is 52.7 Å². The van der Waals surface area contributed by atoms with Crippen molar-refractivity contribution in [2.24, 2.45) is 0 Å². The van der Waals surface area contributed by atoms with E-state index in [9.17, 15) is 9.59 Å². The molecule has 0 heterocycles. The number of benzene rings is 2. The maximum absolute atomic E-state index is 12.1. The fourth-order valence-electron chi connectivity index (χ4n) is 3.28. The van der Waals surface area contributed by atoms with E-state index in [0.717, 1.165) is 57.1 Å². The van der Waals surface area contributed by atoms with Crippen LogP contribution < -0.4 is 10.6 Å². The van der Waals surface area contributed by atoms with Crippen molar-refractivity contribution >= 4 is 55.0 Å². The number of nitrogens with one attached hydrogen (secondary N) is 2. The predicted octanol–water partition coefficient (Wildman–Crippen LogP) is 7.79. The molecule has 0 aliphatic carbocycles. The van der Waals surface area contributed by atoms with Crippen LogP contribution in [0.15, 0.2) is 45.3 Å². The van der Waals surface area contributed by atoms with Crippen LogP contribution in [0.5, 0.6) is 0 Å². The number of hydrogen-bond acceptors (Lipinski definition) is 2. The topological polar surface area (TPSA) is 58.2 Å². The van der Waals surface area contributed by atoms with E-state index >= 15 is 0 Å². The van der Waals surface area contributed by atoms with Crippen molar-refractivity contribution in [2.75, 3.05) is 10.6 Å². The van der Waals surface area contributed by atoms with E-state index in [2.05, 4.69) is 94.5 Å². The molecule has 4 nitrogen and oxygen atoms in total. The zero-order valence-electron chi connectivity index (χ0n) is 18.8. The molecule has 2 N–H and O–H groups in total. The highest BCUT2D eigenvalue weighted by atomic mass is 79.9. The van der Waals surface area contributed by atoms with Gasteiger partial charge in [-0.05, 0) is 80.1 Å². The first kappa shape index (κ1) is 25.6. The van der Waals surface area contributed by atoms with Crippen molar-refractivity contribution in [3.05, 3.63) is 56.5 Å². The maximum Gasteiger partial charge on any atom is 0.224 e.